The third-order valence-electron chi connectivity index (χ3n) is 8.36. The molecule has 2 atom stereocenters. The molecule has 0 amide bonds. The molecule has 0 spiro atoms. The van der Waals surface area contributed by atoms with Crippen molar-refractivity contribution in [3.8, 4) is 0 Å². The number of hydrogen-bond donors (Lipinski definition) is 0. The second-order valence-corrected chi connectivity index (χ2v) is 16.8. The van der Waals surface area contributed by atoms with Gasteiger partial charge in [-0.15, -0.1) is 0 Å². The van der Waals surface area contributed by atoms with Crippen LogP contribution in [0.3, 0.4) is 0 Å². The van der Waals surface area contributed by atoms with Crippen LogP contribution in [0.2, 0.25) is 0 Å². The van der Waals surface area contributed by atoms with Crippen LogP contribution in [0, 0.1) is 0 Å². The van der Waals surface area contributed by atoms with Gasteiger partial charge in [-0.3, -0.25) is 0 Å². The molecule has 4 aromatic carbocycles. The third kappa shape index (κ3) is 5.12. The first-order valence-electron chi connectivity index (χ1n) is 14.2. The van der Waals surface area contributed by atoms with E-state index in [1.54, 1.807) is 0 Å². The Morgan fingerprint density at radius 1 is 0.462 bits per heavy atom. The van der Waals surface area contributed by atoms with Gasteiger partial charge in [0.25, 0.3) is 0 Å². The standard InChI is InChI=1S/2C19H19.Zr/c2*1-19(2,3)18-10-8-14(9-11-18)17-12-15-6-4-5-7-16(15)13-17;/h2*4-13H,1-3H3;. The van der Waals surface area contributed by atoms with Crippen LogP contribution < -0.4 is 0 Å². The molecule has 0 saturated heterocycles. The average Bonchev–Trinajstić information content (AvgIpc) is 3.47. The van der Waals surface area contributed by atoms with Gasteiger partial charge < -0.3 is 0 Å². The molecule has 0 radical (unpaired) electrons. The molecule has 0 fully saturated rings. The molecule has 0 saturated carbocycles. The van der Waals surface area contributed by atoms with E-state index in [0.717, 1.165) is 0 Å². The molecule has 2 aliphatic rings. The molecule has 0 heterocycles. The molecule has 0 aromatic heterocycles. The summed E-state index contributed by atoms with van der Waals surface area (Å²) in [6.45, 7) is 13.8. The summed E-state index contributed by atoms with van der Waals surface area (Å²) < 4.78 is 1.05. The average molecular weight is 586 g/mol. The fourth-order valence-electron chi connectivity index (χ4n) is 6.00. The van der Waals surface area contributed by atoms with E-state index in [2.05, 4.69) is 151 Å². The number of fused-ring (bicyclic) bond motifs is 2. The van der Waals surface area contributed by atoms with Gasteiger partial charge in [0.15, 0.2) is 0 Å². The van der Waals surface area contributed by atoms with Gasteiger partial charge in [0.2, 0.25) is 0 Å². The van der Waals surface area contributed by atoms with Crippen molar-refractivity contribution in [2.75, 3.05) is 0 Å². The first-order chi connectivity index (χ1) is 18.6. The van der Waals surface area contributed by atoms with E-state index in [1.165, 1.54) is 55.7 Å². The summed E-state index contributed by atoms with van der Waals surface area (Å²) >= 11 is -1.03. The molecule has 1 heteroatoms. The van der Waals surface area contributed by atoms with Crippen molar-refractivity contribution in [2.24, 2.45) is 0 Å². The topological polar surface area (TPSA) is 0 Å². The maximum atomic E-state index is 2.48. The van der Waals surface area contributed by atoms with Crippen LogP contribution in [0.5, 0.6) is 0 Å². The van der Waals surface area contributed by atoms with Crippen molar-refractivity contribution in [3.63, 3.8) is 0 Å². The Hall–Kier alpha value is -2.76. The van der Waals surface area contributed by atoms with Crippen molar-refractivity contribution < 1.29 is 23.2 Å². The molecular formula is C38H38Zr. The Morgan fingerprint density at radius 3 is 1.18 bits per heavy atom. The van der Waals surface area contributed by atoms with Crippen LogP contribution >= 0.6 is 0 Å². The fourth-order valence-corrected chi connectivity index (χ4v) is 11.1. The number of benzene rings is 4. The molecular weight excluding hydrogens is 548 g/mol. The molecule has 4 aromatic rings. The fraction of sp³-hybridized carbons (Fsp3) is 0.263. The first-order valence-corrected chi connectivity index (χ1v) is 17.0. The number of allylic oxidation sites excluding steroid dienone is 2. The van der Waals surface area contributed by atoms with Gasteiger partial charge in [0, 0.05) is 0 Å². The minimum absolute atomic E-state index is 0.164. The Bertz CT molecular complexity index is 1450. The molecule has 2 unspecified atom stereocenters. The third-order valence-corrected chi connectivity index (χ3v) is 13.1. The van der Waals surface area contributed by atoms with Crippen LogP contribution in [-0.4, -0.2) is 0 Å². The van der Waals surface area contributed by atoms with Gasteiger partial charge in [0.05, 0.1) is 0 Å². The zero-order valence-electron chi connectivity index (χ0n) is 24.0. The van der Waals surface area contributed by atoms with Crippen LogP contribution in [0.15, 0.2) is 97.1 Å². The van der Waals surface area contributed by atoms with Crippen LogP contribution in [0.1, 0.15) is 93.3 Å². The SMILES string of the molecule is CC(C)(C)c1ccc(C2=Cc3ccccc3[CH]2[Zr][CH]2C(c3ccc(C(C)(C)C)cc3)=Cc3ccccc32)cc1. The summed E-state index contributed by atoms with van der Waals surface area (Å²) in [5.41, 5.74) is 14.8. The molecule has 6 rings (SSSR count). The predicted molar refractivity (Wildman–Crippen MR) is 164 cm³/mol. The molecule has 39 heavy (non-hydrogen) atoms. The normalized spacial score (nSPS) is 18.3. The summed E-state index contributed by atoms with van der Waals surface area (Å²) in [6.07, 6.45) is 4.96. The van der Waals surface area contributed by atoms with E-state index < -0.39 is 23.2 Å². The Kier molecular flexibility index (Phi) is 6.79. The maximum absolute atomic E-state index is 2.48. The summed E-state index contributed by atoms with van der Waals surface area (Å²) in [5, 5.41) is 0. The van der Waals surface area contributed by atoms with Crippen molar-refractivity contribution in [2.45, 2.75) is 59.6 Å². The molecule has 0 N–H and O–H groups in total. The number of rotatable bonds is 4. The van der Waals surface area contributed by atoms with Crippen molar-refractivity contribution in [1.29, 1.82) is 0 Å². The van der Waals surface area contributed by atoms with Gasteiger partial charge >= 0.3 is 248 Å². The molecule has 0 bridgehead atoms. The molecule has 0 aliphatic heterocycles. The Labute approximate surface area is 246 Å². The van der Waals surface area contributed by atoms with Gasteiger partial charge in [-0.05, 0) is 0 Å². The molecule has 194 valence electrons. The Balaban J connectivity index is 1.39. The quantitative estimate of drug-likeness (QED) is 0.223. The van der Waals surface area contributed by atoms with E-state index in [9.17, 15) is 0 Å². The van der Waals surface area contributed by atoms with Crippen LogP contribution in [0.25, 0.3) is 23.3 Å². The number of hydrogen-bond acceptors (Lipinski definition) is 0. The van der Waals surface area contributed by atoms with E-state index in [-0.39, 0.29) is 10.8 Å². The van der Waals surface area contributed by atoms with E-state index in [1.807, 2.05) is 0 Å². The van der Waals surface area contributed by atoms with Crippen molar-refractivity contribution in [1.82, 2.24) is 0 Å². The van der Waals surface area contributed by atoms with Crippen molar-refractivity contribution in [3.05, 3.63) is 142 Å². The van der Waals surface area contributed by atoms with E-state index in [0.29, 0.717) is 7.25 Å². The second kappa shape index (κ2) is 10.0. The Morgan fingerprint density at radius 2 is 0.821 bits per heavy atom. The molecule has 0 nitrogen and oxygen atoms in total. The van der Waals surface area contributed by atoms with E-state index in [4.69, 9.17) is 0 Å². The van der Waals surface area contributed by atoms with Gasteiger partial charge in [-0.25, -0.2) is 0 Å². The zero-order chi connectivity index (χ0) is 27.4. The monoisotopic (exact) mass is 584 g/mol. The van der Waals surface area contributed by atoms with Crippen LogP contribution in [-0.2, 0) is 34.1 Å². The first kappa shape index (κ1) is 26.5. The second-order valence-electron chi connectivity index (χ2n) is 13.1. The minimum atomic E-state index is -1.03. The summed E-state index contributed by atoms with van der Waals surface area (Å²) in [6, 6.07) is 37.1. The summed E-state index contributed by atoms with van der Waals surface area (Å²) in [5.74, 6) is 0. The van der Waals surface area contributed by atoms with Gasteiger partial charge in [-0.2, -0.15) is 0 Å². The molecule has 2 aliphatic carbocycles. The summed E-state index contributed by atoms with van der Waals surface area (Å²) in [4.78, 5) is 0. The summed E-state index contributed by atoms with van der Waals surface area (Å²) in [7, 11) is 0. The van der Waals surface area contributed by atoms with Crippen molar-refractivity contribution >= 4 is 23.3 Å². The van der Waals surface area contributed by atoms with E-state index >= 15 is 0 Å². The van der Waals surface area contributed by atoms with Gasteiger partial charge in [0.1, 0.15) is 0 Å². The predicted octanol–water partition coefficient (Wildman–Crippen LogP) is 10.3. The zero-order valence-corrected chi connectivity index (χ0v) is 26.5. The van der Waals surface area contributed by atoms with Gasteiger partial charge in [-0.1, -0.05) is 0 Å². The van der Waals surface area contributed by atoms with Crippen LogP contribution in [0.4, 0.5) is 0 Å².